The van der Waals surface area contributed by atoms with Crippen molar-refractivity contribution in [1.82, 2.24) is 5.32 Å². The molecule has 2 rings (SSSR count). The summed E-state index contributed by atoms with van der Waals surface area (Å²) in [5.41, 5.74) is 2.55. The summed E-state index contributed by atoms with van der Waals surface area (Å²) in [6, 6.07) is 8.78. The van der Waals surface area contributed by atoms with E-state index < -0.39 is 9.84 Å². The molecule has 0 radical (unpaired) electrons. The second-order valence-electron chi connectivity index (χ2n) is 5.92. The summed E-state index contributed by atoms with van der Waals surface area (Å²) in [4.78, 5) is 0. The van der Waals surface area contributed by atoms with Crippen molar-refractivity contribution in [2.24, 2.45) is 5.92 Å². The lowest BCUT2D eigenvalue weighted by Crippen LogP contribution is -2.39. The Labute approximate surface area is 122 Å². The van der Waals surface area contributed by atoms with Gasteiger partial charge in [0.1, 0.15) is 0 Å². The Bertz CT molecular complexity index is 539. The Morgan fingerprint density at radius 3 is 2.80 bits per heavy atom. The van der Waals surface area contributed by atoms with Crippen LogP contribution in [0.2, 0.25) is 0 Å². The lowest BCUT2D eigenvalue weighted by Gasteiger charge is -2.24. The highest BCUT2D eigenvalue weighted by Gasteiger charge is 2.33. The van der Waals surface area contributed by atoms with E-state index in [0.29, 0.717) is 11.5 Å². The van der Waals surface area contributed by atoms with Crippen LogP contribution in [0.25, 0.3) is 0 Å². The SMILES string of the molecule is CCCNC(Cc1cccc(C)c1)C1CCS(=O)(=O)C1. The maximum absolute atomic E-state index is 11.7. The van der Waals surface area contributed by atoms with E-state index in [9.17, 15) is 8.42 Å². The van der Waals surface area contributed by atoms with Gasteiger partial charge in [0.05, 0.1) is 11.5 Å². The van der Waals surface area contributed by atoms with Gasteiger partial charge in [-0.3, -0.25) is 0 Å². The lowest BCUT2D eigenvalue weighted by molar-refractivity contribution is 0.379. The van der Waals surface area contributed by atoms with Gasteiger partial charge in [-0.2, -0.15) is 0 Å². The summed E-state index contributed by atoms with van der Waals surface area (Å²) in [5.74, 6) is 0.961. The smallest absolute Gasteiger partial charge is 0.150 e. The molecule has 4 heteroatoms. The molecule has 2 atom stereocenters. The average Bonchev–Trinajstić information content (AvgIpc) is 2.75. The maximum atomic E-state index is 11.7. The minimum absolute atomic E-state index is 0.257. The highest BCUT2D eigenvalue weighted by Crippen LogP contribution is 2.24. The number of hydrogen-bond acceptors (Lipinski definition) is 3. The molecule has 1 aliphatic rings. The third-order valence-electron chi connectivity index (χ3n) is 4.03. The van der Waals surface area contributed by atoms with Crippen LogP contribution in [0.5, 0.6) is 0 Å². The molecule has 1 fully saturated rings. The van der Waals surface area contributed by atoms with Crippen LogP contribution >= 0.6 is 0 Å². The predicted molar refractivity (Wildman–Crippen MR) is 83.7 cm³/mol. The van der Waals surface area contributed by atoms with Crippen LogP contribution in [0.3, 0.4) is 0 Å². The van der Waals surface area contributed by atoms with E-state index in [0.717, 1.165) is 25.8 Å². The molecule has 0 aliphatic carbocycles. The molecule has 20 heavy (non-hydrogen) atoms. The van der Waals surface area contributed by atoms with Gasteiger partial charge in [-0.1, -0.05) is 36.8 Å². The van der Waals surface area contributed by atoms with Crippen LogP contribution in [-0.2, 0) is 16.3 Å². The predicted octanol–water partition coefficient (Wildman–Crippen LogP) is 2.34. The molecule has 2 unspecified atom stereocenters. The largest absolute Gasteiger partial charge is 0.313 e. The zero-order valence-electron chi connectivity index (χ0n) is 12.4. The van der Waals surface area contributed by atoms with E-state index in [1.165, 1.54) is 11.1 Å². The molecule has 1 saturated heterocycles. The molecule has 1 aromatic carbocycles. The van der Waals surface area contributed by atoms with E-state index in [1.807, 2.05) is 0 Å². The summed E-state index contributed by atoms with van der Waals surface area (Å²) >= 11 is 0. The monoisotopic (exact) mass is 295 g/mol. The molecular weight excluding hydrogens is 270 g/mol. The third-order valence-corrected chi connectivity index (χ3v) is 5.83. The summed E-state index contributed by atoms with van der Waals surface area (Å²) in [6.07, 6.45) is 2.79. The van der Waals surface area contributed by atoms with E-state index in [1.54, 1.807) is 0 Å². The molecule has 1 aromatic rings. The molecule has 0 bridgehead atoms. The molecular formula is C16H25NO2S. The molecule has 0 amide bonds. The van der Waals surface area contributed by atoms with Gasteiger partial charge in [0.2, 0.25) is 0 Å². The molecule has 0 aromatic heterocycles. The van der Waals surface area contributed by atoms with Crippen LogP contribution in [-0.4, -0.2) is 32.5 Å². The van der Waals surface area contributed by atoms with Crippen LogP contribution < -0.4 is 5.32 Å². The van der Waals surface area contributed by atoms with Crippen molar-refractivity contribution < 1.29 is 8.42 Å². The number of sulfone groups is 1. The molecule has 3 nitrogen and oxygen atoms in total. The molecule has 1 N–H and O–H groups in total. The van der Waals surface area contributed by atoms with Gasteiger partial charge in [0.25, 0.3) is 0 Å². The fourth-order valence-corrected chi connectivity index (χ4v) is 4.85. The summed E-state index contributed by atoms with van der Waals surface area (Å²) in [5, 5.41) is 3.55. The molecule has 1 heterocycles. The van der Waals surface area contributed by atoms with E-state index >= 15 is 0 Å². The van der Waals surface area contributed by atoms with Gasteiger partial charge in [-0.05, 0) is 44.2 Å². The highest BCUT2D eigenvalue weighted by molar-refractivity contribution is 7.91. The van der Waals surface area contributed by atoms with E-state index in [-0.39, 0.29) is 12.0 Å². The number of hydrogen-bond donors (Lipinski definition) is 1. The van der Waals surface area contributed by atoms with Gasteiger partial charge in [0, 0.05) is 6.04 Å². The first-order valence-electron chi connectivity index (χ1n) is 7.49. The summed E-state index contributed by atoms with van der Waals surface area (Å²) in [6.45, 7) is 5.19. The number of aryl methyl sites for hydroxylation is 1. The lowest BCUT2D eigenvalue weighted by atomic mass is 9.92. The number of benzene rings is 1. The van der Waals surface area contributed by atoms with Crippen LogP contribution in [0.4, 0.5) is 0 Å². The van der Waals surface area contributed by atoms with Gasteiger partial charge in [-0.25, -0.2) is 8.42 Å². The van der Waals surface area contributed by atoms with Crippen LogP contribution in [0.1, 0.15) is 30.9 Å². The second kappa shape index (κ2) is 6.72. The van der Waals surface area contributed by atoms with Crippen molar-refractivity contribution in [3.05, 3.63) is 35.4 Å². The maximum Gasteiger partial charge on any atom is 0.150 e. The fourth-order valence-electron chi connectivity index (χ4n) is 2.97. The van der Waals surface area contributed by atoms with Crippen molar-refractivity contribution >= 4 is 9.84 Å². The standard InChI is InChI=1S/C16H25NO2S/c1-3-8-17-16(15-7-9-20(18,19)12-15)11-14-6-4-5-13(2)10-14/h4-6,10,15-17H,3,7-9,11-12H2,1-2H3. The Hall–Kier alpha value is -0.870. The molecule has 1 aliphatic heterocycles. The van der Waals surface area contributed by atoms with Crippen molar-refractivity contribution in [3.8, 4) is 0 Å². The molecule has 112 valence electrons. The average molecular weight is 295 g/mol. The second-order valence-corrected chi connectivity index (χ2v) is 8.15. The normalized spacial score (nSPS) is 22.8. The minimum Gasteiger partial charge on any atom is -0.313 e. The van der Waals surface area contributed by atoms with Crippen molar-refractivity contribution in [3.63, 3.8) is 0 Å². The first-order chi connectivity index (χ1) is 9.50. The topological polar surface area (TPSA) is 46.2 Å². The van der Waals surface area contributed by atoms with Gasteiger partial charge >= 0.3 is 0 Å². The van der Waals surface area contributed by atoms with E-state index in [2.05, 4.69) is 43.4 Å². The van der Waals surface area contributed by atoms with Crippen molar-refractivity contribution in [2.45, 2.75) is 39.2 Å². The van der Waals surface area contributed by atoms with Gasteiger partial charge in [0.15, 0.2) is 9.84 Å². The zero-order chi connectivity index (χ0) is 14.6. The van der Waals surface area contributed by atoms with Crippen LogP contribution in [0.15, 0.2) is 24.3 Å². The zero-order valence-corrected chi connectivity index (χ0v) is 13.2. The first kappa shape index (κ1) is 15.5. The minimum atomic E-state index is -2.81. The highest BCUT2D eigenvalue weighted by atomic mass is 32.2. The number of nitrogens with one attached hydrogen (secondary N) is 1. The Kier molecular flexibility index (Phi) is 5.22. The molecule has 0 saturated carbocycles. The van der Waals surface area contributed by atoms with E-state index in [4.69, 9.17) is 0 Å². The van der Waals surface area contributed by atoms with Crippen molar-refractivity contribution in [2.75, 3.05) is 18.1 Å². The summed E-state index contributed by atoms with van der Waals surface area (Å²) < 4.78 is 23.4. The molecule has 0 spiro atoms. The van der Waals surface area contributed by atoms with Gasteiger partial charge < -0.3 is 5.32 Å². The Morgan fingerprint density at radius 2 is 2.20 bits per heavy atom. The van der Waals surface area contributed by atoms with Crippen LogP contribution in [0, 0.1) is 12.8 Å². The summed E-state index contributed by atoms with van der Waals surface area (Å²) in [7, 11) is -2.81. The van der Waals surface area contributed by atoms with Gasteiger partial charge in [-0.15, -0.1) is 0 Å². The fraction of sp³-hybridized carbons (Fsp3) is 0.625. The first-order valence-corrected chi connectivity index (χ1v) is 9.31. The number of rotatable bonds is 6. The third kappa shape index (κ3) is 4.32. The van der Waals surface area contributed by atoms with Crippen molar-refractivity contribution in [1.29, 1.82) is 0 Å². The Morgan fingerprint density at radius 1 is 1.40 bits per heavy atom. The quantitative estimate of drug-likeness (QED) is 0.876. The Balaban J connectivity index is 2.07.